The lowest BCUT2D eigenvalue weighted by Crippen LogP contribution is -2.33. The van der Waals surface area contributed by atoms with Crippen LogP contribution in [-0.2, 0) is 9.59 Å². The first-order chi connectivity index (χ1) is 16.0. The molecule has 0 saturated carbocycles. The average Bonchev–Trinajstić information content (AvgIpc) is 3.10. The Hall–Kier alpha value is -3.38. The molecular formula is C27H32N2O4. The lowest BCUT2D eigenvalue weighted by atomic mass is 9.95. The number of rotatable bonds is 11. The first-order valence-electron chi connectivity index (χ1n) is 11.4. The van der Waals surface area contributed by atoms with Crippen molar-refractivity contribution >= 4 is 17.4 Å². The summed E-state index contributed by atoms with van der Waals surface area (Å²) in [5.41, 5.74) is 1.33. The summed E-state index contributed by atoms with van der Waals surface area (Å²) < 4.78 is 5.67. The van der Waals surface area contributed by atoms with E-state index >= 15 is 0 Å². The fourth-order valence-corrected chi connectivity index (χ4v) is 4.14. The van der Waals surface area contributed by atoms with Crippen LogP contribution in [0.25, 0.3) is 5.76 Å². The number of ether oxygens (including phenoxy) is 1. The van der Waals surface area contributed by atoms with E-state index in [1.807, 2.05) is 30.3 Å². The van der Waals surface area contributed by atoms with Crippen LogP contribution in [0.3, 0.4) is 0 Å². The van der Waals surface area contributed by atoms with Gasteiger partial charge in [0, 0.05) is 12.1 Å². The summed E-state index contributed by atoms with van der Waals surface area (Å²) in [6.45, 7) is 11.3. The fourth-order valence-electron chi connectivity index (χ4n) is 4.14. The molecule has 1 atom stereocenters. The summed E-state index contributed by atoms with van der Waals surface area (Å²) in [6.07, 6.45) is 2.38. The predicted octanol–water partition coefficient (Wildman–Crippen LogP) is 4.41. The fraction of sp³-hybridized carbons (Fsp3) is 0.333. The molecule has 0 aliphatic carbocycles. The second-order valence-electron chi connectivity index (χ2n) is 7.91. The number of aliphatic hydroxyl groups is 1. The van der Waals surface area contributed by atoms with Crippen LogP contribution in [0, 0.1) is 0 Å². The maximum absolute atomic E-state index is 13.1. The predicted molar refractivity (Wildman–Crippen MR) is 130 cm³/mol. The molecule has 2 aromatic carbocycles. The molecular weight excluding hydrogens is 416 g/mol. The van der Waals surface area contributed by atoms with E-state index in [0.717, 1.165) is 31.6 Å². The Morgan fingerprint density at radius 3 is 2.52 bits per heavy atom. The zero-order valence-corrected chi connectivity index (χ0v) is 19.4. The van der Waals surface area contributed by atoms with E-state index in [0.29, 0.717) is 24.5 Å². The number of carbonyl (C=O) groups excluding carboxylic acids is 2. The Bertz CT molecular complexity index is 1010. The third-order valence-corrected chi connectivity index (χ3v) is 5.90. The monoisotopic (exact) mass is 448 g/mol. The van der Waals surface area contributed by atoms with Gasteiger partial charge in [0.15, 0.2) is 0 Å². The molecule has 33 heavy (non-hydrogen) atoms. The number of benzene rings is 2. The SMILES string of the molecule is C=CCOc1cccc([C@@H]2C(=C(O)c3ccccc3)C(=O)C(=O)N2CCCN(CC)CC)c1. The van der Waals surface area contributed by atoms with Gasteiger partial charge in [-0.3, -0.25) is 9.59 Å². The molecule has 0 aromatic heterocycles. The van der Waals surface area contributed by atoms with E-state index in [2.05, 4.69) is 25.3 Å². The number of ketones is 1. The van der Waals surface area contributed by atoms with Gasteiger partial charge in [0.1, 0.15) is 18.1 Å². The molecule has 0 unspecified atom stereocenters. The zero-order chi connectivity index (χ0) is 23.8. The summed E-state index contributed by atoms with van der Waals surface area (Å²) in [7, 11) is 0. The smallest absolute Gasteiger partial charge is 0.295 e. The quantitative estimate of drug-likeness (QED) is 0.239. The Morgan fingerprint density at radius 1 is 1.12 bits per heavy atom. The van der Waals surface area contributed by atoms with E-state index in [-0.39, 0.29) is 11.3 Å². The summed E-state index contributed by atoms with van der Waals surface area (Å²) in [5.74, 6) is -0.806. The van der Waals surface area contributed by atoms with Crippen LogP contribution in [0.5, 0.6) is 5.75 Å². The number of nitrogens with zero attached hydrogens (tertiary/aromatic N) is 2. The molecule has 174 valence electrons. The van der Waals surface area contributed by atoms with Gasteiger partial charge in [0.25, 0.3) is 11.7 Å². The van der Waals surface area contributed by atoms with Crippen LogP contribution in [0.15, 0.2) is 72.8 Å². The van der Waals surface area contributed by atoms with Crippen LogP contribution >= 0.6 is 0 Å². The first-order valence-corrected chi connectivity index (χ1v) is 11.4. The minimum absolute atomic E-state index is 0.106. The number of amides is 1. The van der Waals surface area contributed by atoms with Gasteiger partial charge in [-0.05, 0) is 43.8 Å². The van der Waals surface area contributed by atoms with Gasteiger partial charge in [-0.15, -0.1) is 0 Å². The van der Waals surface area contributed by atoms with E-state index in [1.165, 1.54) is 0 Å². The number of hydrogen-bond acceptors (Lipinski definition) is 5. The highest BCUT2D eigenvalue weighted by Gasteiger charge is 2.45. The lowest BCUT2D eigenvalue weighted by Gasteiger charge is -2.27. The molecule has 1 fully saturated rings. The van der Waals surface area contributed by atoms with Crippen molar-refractivity contribution in [3.63, 3.8) is 0 Å². The van der Waals surface area contributed by atoms with E-state index in [1.54, 1.807) is 35.2 Å². The van der Waals surface area contributed by atoms with Gasteiger partial charge in [-0.1, -0.05) is 69.0 Å². The average molecular weight is 449 g/mol. The van der Waals surface area contributed by atoms with Gasteiger partial charge in [0.05, 0.1) is 11.6 Å². The van der Waals surface area contributed by atoms with Gasteiger partial charge < -0.3 is 19.6 Å². The Kier molecular flexibility index (Phi) is 8.44. The Morgan fingerprint density at radius 2 is 1.85 bits per heavy atom. The molecule has 1 N–H and O–H groups in total. The standard InChI is InChI=1S/C27H32N2O4/c1-4-18-33-22-15-10-14-21(19-22)24-23(25(30)20-12-8-7-9-13-20)26(31)27(32)29(24)17-11-16-28(5-2)6-3/h4,7-10,12-15,19,24,30H,1,5-6,11,16-18H2,2-3H3/t24-/m1/s1. The number of hydrogen-bond donors (Lipinski definition) is 1. The molecule has 6 heteroatoms. The molecule has 1 heterocycles. The van der Waals surface area contributed by atoms with Crippen LogP contribution < -0.4 is 4.74 Å². The van der Waals surface area contributed by atoms with Crippen molar-refractivity contribution in [1.29, 1.82) is 0 Å². The molecule has 1 aliphatic rings. The third kappa shape index (κ3) is 5.52. The van der Waals surface area contributed by atoms with Gasteiger partial charge in [-0.2, -0.15) is 0 Å². The normalized spacial score (nSPS) is 17.5. The number of Topliss-reactive ketones (excluding diaryl/α,β-unsaturated/α-hetero) is 1. The number of carbonyl (C=O) groups is 2. The second kappa shape index (κ2) is 11.5. The van der Waals surface area contributed by atoms with Crippen molar-refractivity contribution in [2.75, 3.05) is 32.8 Å². The second-order valence-corrected chi connectivity index (χ2v) is 7.91. The van der Waals surface area contributed by atoms with Crippen LogP contribution in [0.2, 0.25) is 0 Å². The summed E-state index contributed by atoms with van der Waals surface area (Å²) >= 11 is 0. The Labute approximate surface area is 195 Å². The molecule has 1 aliphatic heterocycles. The van der Waals surface area contributed by atoms with Crippen molar-refractivity contribution in [1.82, 2.24) is 9.80 Å². The summed E-state index contributed by atoms with van der Waals surface area (Å²) in [4.78, 5) is 30.0. The minimum atomic E-state index is -0.686. The molecule has 6 nitrogen and oxygen atoms in total. The van der Waals surface area contributed by atoms with Gasteiger partial charge >= 0.3 is 0 Å². The molecule has 0 spiro atoms. The van der Waals surface area contributed by atoms with E-state index < -0.39 is 17.7 Å². The number of aliphatic hydroxyl groups excluding tert-OH is 1. The highest BCUT2D eigenvalue weighted by molar-refractivity contribution is 6.46. The minimum Gasteiger partial charge on any atom is -0.507 e. The highest BCUT2D eigenvalue weighted by atomic mass is 16.5. The zero-order valence-electron chi connectivity index (χ0n) is 19.4. The van der Waals surface area contributed by atoms with Crippen molar-refractivity contribution < 1.29 is 19.4 Å². The highest BCUT2D eigenvalue weighted by Crippen LogP contribution is 2.40. The molecule has 3 rings (SSSR count). The van der Waals surface area contributed by atoms with Gasteiger partial charge in [0.2, 0.25) is 0 Å². The topological polar surface area (TPSA) is 70.1 Å². The molecule has 1 amide bonds. The molecule has 0 bridgehead atoms. The Balaban J connectivity index is 2.02. The van der Waals surface area contributed by atoms with Crippen LogP contribution in [0.1, 0.15) is 37.4 Å². The first kappa shape index (κ1) is 24.3. The van der Waals surface area contributed by atoms with E-state index in [9.17, 15) is 14.7 Å². The molecule has 1 saturated heterocycles. The largest absolute Gasteiger partial charge is 0.507 e. The maximum atomic E-state index is 13.1. The lowest BCUT2D eigenvalue weighted by molar-refractivity contribution is -0.140. The van der Waals surface area contributed by atoms with Crippen molar-refractivity contribution in [3.05, 3.63) is 84.0 Å². The van der Waals surface area contributed by atoms with Crippen LogP contribution in [-0.4, -0.2) is 59.4 Å². The van der Waals surface area contributed by atoms with Gasteiger partial charge in [-0.25, -0.2) is 0 Å². The summed E-state index contributed by atoms with van der Waals surface area (Å²) in [5, 5.41) is 11.1. The third-order valence-electron chi connectivity index (χ3n) is 5.90. The van der Waals surface area contributed by atoms with Crippen LogP contribution in [0.4, 0.5) is 0 Å². The molecule has 0 radical (unpaired) electrons. The summed E-state index contributed by atoms with van der Waals surface area (Å²) in [6, 6.07) is 15.5. The van der Waals surface area contributed by atoms with Crippen molar-refractivity contribution in [2.45, 2.75) is 26.3 Å². The maximum Gasteiger partial charge on any atom is 0.295 e. The van der Waals surface area contributed by atoms with Crippen molar-refractivity contribution in [2.24, 2.45) is 0 Å². The van der Waals surface area contributed by atoms with Crippen molar-refractivity contribution in [3.8, 4) is 5.75 Å². The van der Waals surface area contributed by atoms with E-state index in [4.69, 9.17) is 4.74 Å². The molecule has 2 aromatic rings. The number of likely N-dealkylation sites (tertiary alicyclic amines) is 1.